The van der Waals surface area contributed by atoms with Crippen molar-refractivity contribution in [3.05, 3.63) is 12.0 Å². The van der Waals surface area contributed by atoms with E-state index in [4.69, 9.17) is 6.42 Å². The van der Waals surface area contributed by atoms with Crippen molar-refractivity contribution in [2.45, 2.75) is 0 Å². The zero-order chi connectivity index (χ0) is 7.94. The minimum absolute atomic E-state index is 0.0981. The molecule has 1 heterocycles. The molecule has 0 aromatic rings. The lowest BCUT2D eigenvalue weighted by molar-refractivity contribution is -0.747. The molecule has 1 saturated heterocycles. The smallest absolute Gasteiger partial charge is 0.262 e. The van der Waals surface area contributed by atoms with E-state index in [1.807, 2.05) is 0 Å². The molecule has 0 bridgehead atoms. The molecule has 0 spiro atoms. The molecular formula is C6H2O5. The van der Waals surface area contributed by atoms with Crippen LogP contribution in [0.1, 0.15) is 0 Å². The van der Waals surface area contributed by atoms with Gasteiger partial charge in [0.25, 0.3) is 0 Å². The van der Waals surface area contributed by atoms with E-state index in [-0.39, 0.29) is 5.95 Å². The molecule has 0 saturated carbocycles. The van der Waals surface area contributed by atoms with Gasteiger partial charge in [0.1, 0.15) is 0 Å². The lowest BCUT2D eigenvalue weighted by Crippen LogP contribution is -2.08. The van der Waals surface area contributed by atoms with Gasteiger partial charge in [0.2, 0.25) is 0 Å². The number of hydrogen-bond acceptors (Lipinski definition) is 5. The standard InChI is InChI=1S/C6H2O5/c1-2-3-4-5-6-7-9-11-10-8-6/h1,5H. The van der Waals surface area contributed by atoms with Gasteiger partial charge in [0, 0.05) is 15.1 Å². The second kappa shape index (κ2) is 4.20. The predicted molar refractivity (Wildman–Crippen MR) is 30.1 cm³/mol. The normalized spacial score (nSPS) is 14.6. The topological polar surface area (TPSA) is 46.2 Å². The van der Waals surface area contributed by atoms with E-state index >= 15 is 0 Å². The highest BCUT2D eigenvalue weighted by Crippen LogP contribution is 2.07. The maximum Gasteiger partial charge on any atom is 0.367 e. The van der Waals surface area contributed by atoms with E-state index in [1.54, 1.807) is 0 Å². The van der Waals surface area contributed by atoms with Crippen molar-refractivity contribution >= 4 is 0 Å². The molecule has 1 rings (SSSR count). The highest BCUT2D eigenvalue weighted by Gasteiger charge is 2.09. The Labute approximate surface area is 62.2 Å². The van der Waals surface area contributed by atoms with Crippen LogP contribution in [0, 0.1) is 24.2 Å². The molecule has 0 aromatic carbocycles. The fourth-order valence-electron chi connectivity index (χ4n) is 0.305. The van der Waals surface area contributed by atoms with Crippen LogP contribution in [-0.2, 0) is 24.9 Å². The fourth-order valence-corrected chi connectivity index (χ4v) is 0.305. The van der Waals surface area contributed by atoms with Crippen LogP contribution in [0.3, 0.4) is 0 Å². The van der Waals surface area contributed by atoms with Crippen LogP contribution in [0.5, 0.6) is 0 Å². The molecule has 1 aliphatic heterocycles. The van der Waals surface area contributed by atoms with Crippen LogP contribution in [0.4, 0.5) is 0 Å². The predicted octanol–water partition coefficient (Wildman–Crippen LogP) is 0.221. The summed E-state index contributed by atoms with van der Waals surface area (Å²) >= 11 is 0. The van der Waals surface area contributed by atoms with Crippen molar-refractivity contribution in [2.24, 2.45) is 0 Å². The van der Waals surface area contributed by atoms with Crippen molar-refractivity contribution in [3.8, 4) is 24.2 Å². The molecular weight excluding hydrogens is 152 g/mol. The number of allylic oxidation sites excluding steroid dienone is 1. The van der Waals surface area contributed by atoms with Gasteiger partial charge in [-0.05, 0) is 11.8 Å². The van der Waals surface area contributed by atoms with E-state index in [0.29, 0.717) is 0 Å². The molecule has 0 unspecified atom stereocenters. The molecule has 0 aliphatic carbocycles. The highest BCUT2D eigenvalue weighted by atomic mass is 17.8. The summed E-state index contributed by atoms with van der Waals surface area (Å²) in [6, 6.07) is 0. The average molecular weight is 154 g/mol. The van der Waals surface area contributed by atoms with Gasteiger partial charge in [-0.15, -0.1) is 6.42 Å². The summed E-state index contributed by atoms with van der Waals surface area (Å²) in [5.74, 6) is 6.66. The van der Waals surface area contributed by atoms with E-state index in [2.05, 4.69) is 42.7 Å². The Kier molecular flexibility index (Phi) is 2.85. The van der Waals surface area contributed by atoms with Gasteiger partial charge >= 0.3 is 5.95 Å². The van der Waals surface area contributed by atoms with Crippen molar-refractivity contribution in [3.63, 3.8) is 0 Å². The summed E-state index contributed by atoms with van der Waals surface area (Å²) in [6.07, 6.45) is 6.03. The summed E-state index contributed by atoms with van der Waals surface area (Å²) < 4.78 is 0. The molecule has 1 aliphatic rings. The van der Waals surface area contributed by atoms with Crippen LogP contribution >= 0.6 is 0 Å². The monoisotopic (exact) mass is 154 g/mol. The lowest BCUT2D eigenvalue weighted by Gasteiger charge is -2.07. The van der Waals surface area contributed by atoms with Crippen LogP contribution < -0.4 is 0 Å². The summed E-state index contributed by atoms with van der Waals surface area (Å²) in [5, 5.41) is 11.5. The quantitative estimate of drug-likeness (QED) is 0.369. The van der Waals surface area contributed by atoms with Gasteiger partial charge in [-0.2, -0.15) is 0 Å². The number of hydrogen-bond donors (Lipinski definition) is 0. The van der Waals surface area contributed by atoms with Gasteiger partial charge in [-0.25, -0.2) is 0 Å². The van der Waals surface area contributed by atoms with Crippen LogP contribution in [0.15, 0.2) is 12.0 Å². The van der Waals surface area contributed by atoms with Gasteiger partial charge in [0.05, 0.1) is 6.08 Å². The Hall–Kier alpha value is -1.66. The van der Waals surface area contributed by atoms with Gasteiger partial charge < -0.3 is 0 Å². The SMILES string of the molecule is C#CC#CC=C1OOOOO1. The Morgan fingerprint density at radius 2 is 1.91 bits per heavy atom. The molecule has 11 heavy (non-hydrogen) atoms. The van der Waals surface area contributed by atoms with Gasteiger partial charge in [-0.1, -0.05) is 5.92 Å². The minimum Gasteiger partial charge on any atom is -0.262 e. The Balaban J connectivity index is 2.45. The van der Waals surface area contributed by atoms with Crippen LogP contribution in [-0.4, -0.2) is 0 Å². The summed E-state index contributed by atoms with van der Waals surface area (Å²) in [4.78, 5) is 8.49. The molecule has 1 fully saturated rings. The summed E-state index contributed by atoms with van der Waals surface area (Å²) in [6.45, 7) is 0. The van der Waals surface area contributed by atoms with Crippen LogP contribution in [0.25, 0.3) is 0 Å². The lowest BCUT2D eigenvalue weighted by atomic mass is 10.5. The molecule has 5 heteroatoms. The molecule has 0 aromatic heterocycles. The first-order valence-electron chi connectivity index (χ1n) is 2.44. The molecule has 0 atom stereocenters. The third-order valence-corrected chi connectivity index (χ3v) is 0.622. The average Bonchev–Trinajstić information content (AvgIpc) is 2.07. The van der Waals surface area contributed by atoms with Crippen molar-refractivity contribution in [1.82, 2.24) is 0 Å². The van der Waals surface area contributed by atoms with Crippen molar-refractivity contribution in [2.75, 3.05) is 0 Å². The highest BCUT2D eigenvalue weighted by molar-refractivity contribution is 5.28. The first kappa shape index (κ1) is 7.45. The molecule has 56 valence electrons. The van der Waals surface area contributed by atoms with E-state index in [0.717, 1.165) is 0 Å². The van der Waals surface area contributed by atoms with Crippen molar-refractivity contribution < 1.29 is 24.9 Å². The van der Waals surface area contributed by atoms with Crippen molar-refractivity contribution in [1.29, 1.82) is 0 Å². The molecule has 0 N–H and O–H groups in total. The largest absolute Gasteiger partial charge is 0.367 e. The first-order valence-corrected chi connectivity index (χ1v) is 2.44. The second-order valence-corrected chi connectivity index (χ2v) is 1.25. The van der Waals surface area contributed by atoms with E-state index in [9.17, 15) is 0 Å². The molecule has 0 radical (unpaired) electrons. The third-order valence-electron chi connectivity index (χ3n) is 0.622. The Morgan fingerprint density at radius 3 is 2.55 bits per heavy atom. The molecule has 5 nitrogen and oxygen atoms in total. The molecule has 0 amide bonds. The minimum atomic E-state index is -0.0981. The maximum atomic E-state index is 4.82. The Bertz CT molecular complexity index is 242. The maximum absolute atomic E-state index is 4.82. The Morgan fingerprint density at radius 1 is 1.18 bits per heavy atom. The van der Waals surface area contributed by atoms with Gasteiger partial charge in [-0.3, -0.25) is 9.78 Å². The van der Waals surface area contributed by atoms with Gasteiger partial charge in [0.15, 0.2) is 0 Å². The van der Waals surface area contributed by atoms with E-state index in [1.165, 1.54) is 6.08 Å². The summed E-state index contributed by atoms with van der Waals surface area (Å²) in [5.41, 5.74) is 0. The fraction of sp³-hybridized carbons (Fsp3) is 0. The number of terminal acetylenes is 1. The van der Waals surface area contributed by atoms with Crippen LogP contribution in [0.2, 0.25) is 0 Å². The zero-order valence-electron chi connectivity index (χ0n) is 5.20. The third kappa shape index (κ3) is 2.61. The second-order valence-electron chi connectivity index (χ2n) is 1.25. The summed E-state index contributed by atoms with van der Waals surface area (Å²) in [7, 11) is 0. The number of rotatable bonds is 0. The zero-order valence-corrected chi connectivity index (χ0v) is 5.20. The van der Waals surface area contributed by atoms with E-state index < -0.39 is 0 Å². The first-order chi connectivity index (χ1) is 5.43.